The van der Waals surface area contributed by atoms with E-state index in [-0.39, 0.29) is 11.7 Å². The van der Waals surface area contributed by atoms with Crippen LogP contribution in [0.2, 0.25) is 0 Å². The van der Waals surface area contributed by atoms with Gasteiger partial charge in [0.05, 0.1) is 6.54 Å². The highest BCUT2D eigenvalue weighted by Crippen LogP contribution is 2.29. The molecule has 0 N–H and O–H groups in total. The molecule has 2 aromatic heterocycles. The van der Waals surface area contributed by atoms with Crippen LogP contribution in [0.1, 0.15) is 43.3 Å². The fourth-order valence-corrected chi connectivity index (χ4v) is 4.00. The SMILES string of the molecule is Cn1c(CN2CCCC2)nnc1[C@H]1CCCN(c2ncccc2F)C1. The molecule has 0 aromatic carbocycles. The van der Waals surface area contributed by atoms with Crippen LogP contribution in [0.5, 0.6) is 0 Å². The summed E-state index contributed by atoms with van der Waals surface area (Å²) in [7, 11) is 2.06. The summed E-state index contributed by atoms with van der Waals surface area (Å²) < 4.78 is 16.2. The number of aromatic nitrogens is 4. The van der Waals surface area contributed by atoms with Crippen molar-refractivity contribution in [3.05, 3.63) is 35.8 Å². The molecule has 0 aliphatic carbocycles. The zero-order valence-corrected chi connectivity index (χ0v) is 14.7. The van der Waals surface area contributed by atoms with Gasteiger partial charge >= 0.3 is 0 Å². The smallest absolute Gasteiger partial charge is 0.165 e. The highest BCUT2D eigenvalue weighted by atomic mass is 19.1. The van der Waals surface area contributed by atoms with Gasteiger partial charge in [-0.3, -0.25) is 4.90 Å². The Bertz CT molecular complexity index is 724. The third-order valence-electron chi connectivity index (χ3n) is 5.39. The molecular formula is C18H25FN6. The van der Waals surface area contributed by atoms with Gasteiger partial charge in [-0.1, -0.05) is 0 Å². The largest absolute Gasteiger partial charge is 0.353 e. The number of pyridine rings is 1. The number of anilines is 1. The molecule has 0 saturated carbocycles. The maximum atomic E-state index is 14.1. The Balaban J connectivity index is 1.50. The Labute approximate surface area is 147 Å². The van der Waals surface area contributed by atoms with E-state index in [4.69, 9.17) is 0 Å². The lowest BCUT2D eigenvalue weighted by molar-refractivity contribution is 0.317. The van der Waals surface area contributed by atoms with Gasteiger partial charge in [-0.25, -0.2) is 9.37 Å². The summed E-state index contributed by atoms with van der Waals surface area (Å²) in [5, 5.41) is 8.91. The van der Waals surface area contributed by atoms with Gasteiger partial charge in [0.1, 0.15) is 11.6 Å². The Kier molecular flexibility index (Phi) is 4.65. The van der Waals surface area contributed by atoms with Crippen LogP contribution in [-0.4, -0.2) is 50.8 Å². The molecule has 7 heteroatoms. The van der Waals surface area contributed by atoms with E-state index >= 15 is 0 Å². The number of rotatable bonds is 4. The van der Waals surface area contributed by atoms with E-state index in [9.17, 15) is 4.39 Å². The first-order valence-corrected chi connectivity index (χ1v) is 9.18. The highest BCUT2D eigenvalue weighted by molar-refractivity contribution is 5.40. The maximum absolute atomic E-state index is 14.1. The molecule has 0 unspecified atom stereocenters. The number of hydrogen-bond acceptors (Lipinski definition) is 5. The highest BCUT2D eigenvalue weighted by Gasteiger charge is 2.28. The summed E-state index contributed by atoms with van der Waals surface area (Å²) >= 11 is 0. The number of likely N-dealkylation sites (tertiary alicyclic amines) is 1. The monoisotopic (exact) mass is 344 g/mol. The van der Waals surface area contributed by atoms with Crippen molar-refractivity contribution in [2.24, 2.45) is 7.05 Å². The standard InChI is InChI=1S/C18H25FN6/c1-23-16(13-24-9-2-3-10-24)21-22-17(23)14-6-5-11-25(12-14)18-15(19)7-4-8-20-18/h4,7-8,14H,2-3,5-6,9-13H2,1H3/t14-/m0/s1. The van der Waals surface area contributed by atoms with Crippen LogP contribution in [0.25, 0.3) is 0 Å². The van der Waals surface area contributed by atoms with Gasteiger partial charge in [0, 0.05) is 32.3 Å². The Morgan fingerprint density at radius 2 is 2.00 bits per heavy atom. The molecule has 25 heavy (non-hydrogen) atoms. The minimum Gasteiger partial charge on any atom is -0.353 e. The predicted octanol–water partition coefficient (Wildman–Crippen LogP) is 2.33. The fourth-order valence-electron chi connectivity index (χ4n) is 4.00. The number of nitrogens with zero attached hydrogens (tertiary/aromatic N) is 6. The first-order valence-electron chi connectivity index (χ1n) is 9.18. The molecule has 0 spiro atoms. The fraction of sp³-hybridized carbons (Fsp3) is 0.611. The zero-order valence-electron chi connectivity index (χ0n) is 14.7. The second kappa shape index (κ2) is 7.07. The van der Waals surface area contributed by atoms with E-state index in [1.54, 1.807) is 12.3 Å². The summed E-state index contributed by atoms with van der Waals surface area (Å²) in [5.41, 5.74) is 0. The lowest BCUT2D eigenvalue weighted by atomic mass is 9.97. The van der Waals surface area contributed by atoms with Crippen LogP contribution in [0.15, 0.2) is 18.3 Å². The van der Waals surface area contributed by atoms with Crippen LogP contribution in [0.4, 0.5) is 10.2 Å². The van der Waals surface area contributed by atoms with Crippen molar-refractivity contribution < 1.29 is 4.39 Å². The van der Waals surface area contributed by atoms with E-state index in [2.05, 4.69) is 31.7 Å². The van der Waals surface area contributed by atoms with Crippen molar-refractivity contribution in [3.63, 3.8) is 0 Å². The summed E-state index contributed by atoms with van der Waals surface area (Å²) in [4.78, 5) is 8.70. The Hall–Kier alpha value is -2.02. The molecular weight excluding hydrogens is 319 g/mol. The lowest BCUT2D eigenvalue weighted by Gasteiger charge is -2.33. The molecule has 2 aromatic rings. The molecule has 0 radical (unpaired) electrons. The van der Waals surface area contributed by atoms with E-state index in [0.717, 1.165) is 57.2 Å². The summed E-state index contributed by atoms with van der Waals surface area (Å²) in [5.74, 6) is 2.50. The van der Waals surface area contributed by atoms with E-state index < -0.39 is 0 Å². The molecule has 4 rings (SSSR count). The van der Waals surface area contributed by atoms with Crippen molar-refractivity contribution >= 4 is 5.82 Å². The van der Waals surface area contributed by atoms with Crippen LogP contribution in [0.3, 0.4) is 0 Å². The van der Waals surface area contributed by atoms with Crippen LogP contribution >= 0.6 is 0 Å². The van der Waals surface area contributed by atoms with Gasteiger partial charge in [-0.05, 0) is 50.9 Å². The molecule has 0 bridgehead atoms. The molecule has 134 valence electrons. The average Bonchev–Trinajstić information content (AvgIpc) is 3.27. The number of halogens is 1. The normalized spacial score (nSPS) is 21.8. The number of piperidine rings is 1. The van der Waals surface area contributed by atoms with Gasteiger partial charge < -0.3 is 9.47 Å². The third-order valence-corrected chi connectivity index (χ3v) is 5.39. The van der Waals surface area contributed by atoms with Crippen molar-refractivity contribution in [1.82, 2.24) is 24.6 Å². The second-order valence-corrected chi connectivity index (χ2v) is 7.11. The molecule has 0 amide bonds. The minimum absolute atomic E-state index is 0.254. The van der Waals surface area contributed by atoms with Crippen LogP contribution in [0, 0.1) is 5.82 Å². The van der Waals surface area contributed by atoms with Gasteiger partial charge in [-0.15, -0.1) is 10.2 Å². The molecule has 2 fully saturated rings. The average molecular weight is 344 g/mol. The van der Waals surface area contributed by atoms with Gasteiger partial charge in [-0.2, -0.15) is 0 Å². The molecule has 2 aliphatic heterocycles. The minimum atomic E-state index is -0.254. The summed E-state index contributed by atoms with van der Waals surface area (Å²) in [6.07, 6.45) is 6.27. The van der Waals surface area contributed by atoms with Gasteiger partial charge in [0.25, 0.3) is 0 Å². The first kappa shape index (κ1) is 16.4. The Morgan fingerprint density at radius 1 is 1.16 bits per heavy atom. The molecule has 2 saturated heterocycles. The van der Waals surface area contributed by atoms with E-state index in [0.29, 0.717) is 5.82 Å². The topological polar surface area (TPSA) is 50.1 Å². The lowest BCUT2D eigenvalue weighted by Crippen LogP contribution is -2.36. The van der Waals surface area contributed by atoms with Crippen molar-refractivity contribution in [3.8, 4) is 0 Å². The van der Waals surface area contributed by atoms with Crippen LogP contribution in [-0.2, 0) is 13.6 Å². The molecule has 2 aliphatic rings. The summed E-state index contributed by atoms with van der Waals surface area (Å²) in [6.45, 7) is 4.75. The van der Waals surface area contributed by atoms with Crippen molar-refractivity contribution in [2.45, 2.75) is 38.1 Å². The number of hydrogen-bond donors (Lipinski definition) is 0. The predicted molar refractivity (Wildman–Crippen MR) is 93.9 cm³/mol. The first-order chi connectivity index (χ1) is 12.2. The quantitative estimate of drug-likeness (QED) is 0.852. The Morgan fingerprint density at radius 3 is 2.80 bits per heavy atom. The maximum Gasteiger partial charge on any atom is 0.165 e. The second-order valence-electron chi connectivity index (χ2n) is 7.11. The molecule has 6 nitrogen and oxygen atoms in total. The van der Waals surface area contributed by atoms with E-state index in [1.165, 1.54) is 18.9 Å². The summed E-state index contributed by atoms with van der Waals surface area (Å²) in [6, 6.07) is 3.11. The van der Waals surface area contributed by atoms with Crippen molar-refractivity contribution in [2.75, 3.05) is 31.1 Å². The molecule has 1 atom stereocenters. The van der Waals surface area contributed by atoms with Gasteiger partial charge in [0.15, 0.2) is 11.6 Å². The van der Waals surface area contributed by atoms with Gasteiger partial charge in [0.2, 0.25) is 0 Å². The molecule has 4 heterocycles. The zero-order chi connectivity index (χ0) is 17.2. The third kappa shape index (κ3) is 3.38. The van der Waals surface area contributed by atoms with Crippen LogP contribution < -0.4 is 4.90 Å². The van der Waals surface area contributed by atoms with E-state index in [1.807, 2.05) is 4.90 Å². The van der Waals surface area contributed by atoms with Crippen molar-refractivity contribution in [1.29, 1.82) is 0 Å².